The lowest BCUT2D eigenvalue weighted by Crippen LogP contribution is -2.28. The molecule has 84 valence electrons. The van der Waals surface area contributed by atoms with Crippen LogP contribution in [0.3, 0.4) is 0 Å². The summed E-state index contributed by atoms with van der Waals surface area (Å²) in [5.41, 5.74) is 0.713. The number of halogens is 3. The quantitative estimate of drug-likeness (QED) is 0.716. The van der Waals surface area contributed by atoms with E-state index in [9.17, 15) is 13.2 Å². The van der Waals surface area contributed by atoms with Crippen LogP contribution in [-0.4, -0.2) is 37.2 Å². The molecule has 0 aromatic rings. The van der Waals surface area contributed by atoms with Gasteiger partial charge in [0.2, 0.25) is 0 Å². The van der Waals surface area contributed by atoms with Gasteiger partial charge in [-0.2, -0.15) is 13.2 Å². The minimum absolute atomic E-state index is 0.0387. The number of nitrogens with zero attached hydrogens (tertiary/aromatic N) is 2. The van der Waals surface area contributed by atoms with Gasteiger partial charge in [-0.15, -0.1) is 0 Å². The topological polar surface area (TPSA) is 39.7 Å². The zero-order valence-corrected chi connectivity index (χ0v) is 7.93. The maximum atomic E-state index is 12.0. The van der Waals surface area contributed by atoms with Gasteiger partial charge >= 0.3 is 6.18 Å². The van der Waals surface area contributed by atoms with E-state index >= 15 is 0 Å². The van der Waals surface area contributed by atoms with Crippen molar-refractivity contribution in [1.82, 2.24) is 15.5 Å². The molecule has 2 aliphatic heterocycles. The summed E-state index contributed by atoms with van der Waals surface area (Å²) in [6.07, 6.45) is -3.32. The van der Waals surface area contributed by atoms with Crippen LogP contribution in [0.4, 0.5) is 13.2 Å². The van der Waals surface area contributed by atoms with Crippen LogP contribution >= 0.6 is 0 Å². The molecule has 0 aromatic heterocycles. The first kappa shape index (κ1) is 10.1. The molecule has 2 N–H and O–H groups in total. The van der Waals surface area contributed by atoms with E-state index in [1.807, 2.05) is 0 Å². The lowest BCUT2D eigenvalue weighted by atomic mass is 10.3. The third-order valence-corrected chi connectivity index (χ3v) is 2.27. The Morgan fingerprint density at radius 1 is 1.40 bits per heavy atom. The number of alkyl halides is 3. The zero-order valence-electron chi connectivity index (χ0n) is 7.93. The van der Waals surface area contributed by atoms with Crippen LogP contribution < -0.4 is 10.6 Å². The molecule has 0 fully saturated rings. The fourth-order valence-corrected chi connectivity index (χ4v) is 1.53. The first-order valence-electron chi connectivity index (χ1n) is 4.60. The van der Waals surface area contributed by atoms with E-state index in [0.29, 0.717) is 19.0 Å². The Bertz CT molecular complexity index is 307. The number of rotatable bonds is 2. The predicted octanol–water partition coefficient (Wildman–Crippen LogP) is 0.602. The lowest BCUT2D eigenvalue weighted by Gasteiger charge is -2.20. The van der Waals surface area contributed by atoms with E-state index in [1.165, 1.54) is 0 Å². The van der Waals surface area contributed by atoms with E-state index in [1.54, 1.807) is 11.1 Å². The van der Waals surface area contributed by atoms with Gasteiger partial charge in [-0.3, -0.25) is 4.99 Å². The van der Waals surface area contributed by atoms with E-state index in [4.69, 9.17) is 0 Å². The zero-order chi connectivity index (χ0) is 10.9. The van der Waals surface area contributed by atoms with Crippen LogP contribution in [0.25, 0.3) is 0 Å². The van der Waals surface area contributed by atoms with E-state index in [2.05, 4.69) is 15.6 Å². The van der Waals surface area contributed by atoms with E-state index in [-0.39, 0.29) is 6.54 Å². The van der Waals surface area contributed by atoms with Crippen LogP contribution in [0.2, 0.25) is 0 Å². The monoisotopic (exact) mass is 220 g/mol. The van der Waals surface area contributed by atoms with Crippen molar-refractivity contribution in [3.63, 3.8) is 0 Å². The molecular weight excluding hydrogens is 209 g/mol. The summed E-state index contributed by atoms with van der Waals surface area (Å²) in [6.45, 7) is 0.835. The number of aliphatic imine (C=N–C) groups is 1. The number of hydrogen-bond acceptors (Lipinski definition) is 4. The Morgan fingerprint density at radius 2 is 2.20 bits per heavy atom. The summed E-state index contributed by atoms with van der Waals surface area (Å²) >= 11 is 0. The summed E-state index contributed by atoms with van der Waals surface area (Å²) in [4.78, 5) is 5.58. The molecule has 4 nitrogen and oxygen atoms in total. The van der Waals surface area contributed by atoms with Gasteiger partial charge in [0, 0.05) is 6.54 Å². The van der Waals surface area contributed by atoms with Crippen molar-refractivity contribution >= 4 is 6.21 Å². The van der Waals surface area contributed by atoms with Crippen molar-refractivity contribution in [2.45, 2.75) is 12.6 Å². The van der Waals surface area contributed by atoms with E-state index < -0.39 is 12.6 Å². The van der Waals surface area contributed by atoms with Gasteiger partial charge in [0.15, 0.2) is 0 Å². The highest BCUT2D eigenvalue weighted by Crippen LogP contribution is 2.22. The summed E-state index contributed by atoms with van der Waals surface area (Å²) in [5.74, 6) is 0.771. The maximum absolute atomic E-state index is 12.0. The van der Waals surface area contributed by atoms with Crippen LogP contribution in [-0.2, 0) is 0 Å². The van der Waals surface area contributed by atoms with Crippen molar-refractivity contribution in [2.24, 2.45) is 4.99 Å². The Labute approximate surface area is 84.8 Å². The molecule has 0 radical (unpaired) electrons. The maximum Gasteiger partial charge on any atom is 0.390 e. The van der Waals surface area contributed by atoms with Gasteiger partial charge in [0.25, 0.3) is 0 Å². The van der Waals surface area contributed by atoms with Crippen molar-refractivity contribution in [3.8, 4) is 0 Å². The average Bonchev–Trinajstić information content (AvgIpc) is 2.57. The fourth-order valence-electron chi connectivity index (χ4n) is 1.53. The summed E-state index contributed by atoms with van der Waals surface area (Å²) in [5, 5.41) is 5.94. The van der Waals surface area contributed by atoms with Crippen molar-refractivity contribution < 1.29 is 13.2 Å². The van der Waals surface area contributed by atoms with Gasteiger partial charge in [0.05, 0.1) is 25.0 Å². The second kappa shape index (κ2) is 3.63. The largest absolute Gasteiger partial charge is 0.390 e. The SMILES string of the molecule is FC(F)(F)CCN1CNC2=C1C=NCN2. The van der Waals surface area contributed by atoms with Crippen LogP contribution in [0.1, 0.15) is 6.42 Å². The highest BCUT2D eigenvalue weighted by Gasteiger charge is 2.30. The van der Waals surface area contributed by atoms with Crippen molar-refractivity contribution in [1.29, 1.82) is 0 Å². The Kier molecular flexibility index (Phi) is 2.45. The standard InChI is InChI=1S/C8H11F3N4/c9-8(10,11)1-2-15-5-14-7-6(15)3-12-4-13-7/h3,13-14H,1-2,4-5H2. The Morgan fingerprint density at radius 3 is 2.93 bits per heavy atom. The normalized spacial score (nSPS) is 20.1. The van der Waals surface area contributed by atoms with Crippen molar-refractivity contribution in [3.05, 3.63) is 11.5 Å². The first-order valence-corrected chi connectivity index (χ1v) is 4.60. The Balaban J connectivity index is 1.95. The number of nitrogens with one attached hydrogen (secondary N) is 2. The molecule has 0 amide bonds. The minimum atomic E-state index is -4.11. The van der Waals surface area contributed by atoms with Crippen LogP contribution in [0, 0.1) is 0 Å². The molecule has 7 heteroatoms. The molecule has 2 aliphatic rings. The lowest BCUT2D eigenvalue weighted by molar-refractivity contribution is -0.136. The highest BCUT2D eigenvalue weighted by molar-refractivity contribution is 5.80. The predicted molar refractivity (Wildman–Crippen MR) is 48.9 cm³/mol. The highest BCUT2D eigenvalue weighted by atomic mass is 19.4. The molecule has 2 rings (SSSR count). The Hall–Kier alpha value is -1.40. The van der Waals surface area contributed by atoms with E-state index in [0.717, 1.165) is 5.82 Å². The summed E-state index contributed by atoms with van der Waals surface area (Å²) < 4.78 is 36.1. The molecule has 0 bridgehead atoms. The van der Waals surface area contributed by atoms with Gasteiger partial charge in [-0.25, -0.2) is 0 Å². The first-order chi connectivity index (χ1) is 7.06. The molecule has 15 heavy (non-hydrogen) atoms. The van der Waals surface area contributed by atoms with Gasteiger partial charge < -0.3 is 15.5 Å². The molecular formula is C8H11F3N4. The van der Waals surface area contributed by atoms with Gasteiger partial charge in [-0.1, -0.05) is 0 Å². The van der Waals surface area contributed by atoms with Crippen LogP contribution in [0.5, 0.6) is 0 Å². The third kappa shape index (κ3) is 2.34. The van der Waals surface area contributed by atoms with Gasteiger partial charge in [0.1, 0.15) is 12.5 Å². The summed E-state index contributed by atoms with van der Waals surface area (Å²) in [6, 6.07) is 0. The number of allylic oxidation sites excluding steroid dienone is 1. The van der Waals surface area contributed by atoms with Gasteiger partial charge in [-0.05, 0) is 0 Å². The van der Waals surface area contributed by atoms with Crippen LogP contribution in [0.15, 0.2) is 16.5 Å². The molecule has 2 heterocycles. The second-order valence-electron chi connectivity index (χ2n) is 3.37. The third-order valence-electron chi connectivity index (χ3n) is 2.27. The molecule has 0 saturated heterocycles. The summed E-state index contributed by atoms with van der Waals surface area (Å²) in [7, 11) is 0. The minimum Gasteiger partial charge on any atom is -0.353 e. The second-order valence-corrected chi connectivity index (χ2v) is 3.37. The number of hydrogen-bond donors (Lipinski definition) is 2. The molecule has 0 atom stereocenters. The molecule has 0 saturated carbocycles. The average molecular weight is 220 g/mol. The molecule has 0 aromatic carbocycles. The molecule has 0 spiro atoms. The fraction of sp³-hybridized carbons (Fsp3) is 0.625. The van der Waals surface area contributed by atoms with Crippen molar-refractivity contribution in [2.75, 3.05) is 19.9 Å². The smallest absolute Gasteiger partial charge is 0.353 e. The molecule has 0 aliphatic carbocycles. The molecule has 0 unspecified atom stereocenters.